The molecule has 0 aliphatic carbocycles. The Morgan fingerprint density at radius 2 is 2.05 bits per heavy atom. The SMILES string of the molecule is CCOC(=O)c1[nH]c2ccccc2c1Nc1ccccn1. The van der Waals surface area contributed by atoms with Crippen LogP contribution in [-0.4, -0.2) is 22.5 Å². The highest BCUT2D eigenvalue weighted by Crippen LogP contribution is 2.30. The molecule has 0 saturated carbocycles. The molecule has 0 atom stereocenters. The number of carbonyl (C=O) groups excluding carboxylic acids is 1. The van der Waals surface area contributed by atoms with Gasteiger partial charge >= 0.3 is 5.97 Å². The molecule has 0 aliphatic rings. The Kier molecular flexibility index (Phi) is 3.55. The van der Waals surface area contributed by atoms with Crippen LogP contribution < -0.4 is 5.32 Å². The first-order chi connectivity index (χ1) is 10.3. The summed E-state index contributed by atoms with van der Waals surface area (Å²) in [4.78, 5) is 19.4. The second kappa shape index (κ2) is 5.66. The van der Waals surface area contributed by atoms with Crippen LogP contribution >= 0.6 is 0 Å². The van der Waals surface area contributed by atoms with E-state index in [1.165, 1.54) is 0 Å². The molecule has 0 spiro atoms. The number of esters is 1. The second-order valence-electron chi connectivity index (χ2n) is 4.48. The summed E-state index contributed by atoms with van der Waals surface area (Å²) in [7, 11) is 0. The molecule has 21 heavy (non-hydrogen) atoms. The van der Waals surface area contributed by atoms with E-state index in [0.717, 1.165) is 10.9 Å². The van der Waals surface area contributed by atoms with Crippen molar-refractivity contribution in [1.29, 1.82) is 0 Å². The number of fused-ring (bicyclic) bond motifs is 1. The van der Waals surface area contributed by atoms with Gasteiger partial charge in [-0.15, -0.1) is 0 Å². The normalized spacial score (nSPS) is 10.5. The zero-order valence-electron chi connectivity index (χ0n) is 11.6. The Hall–Kier alpha value is -2.82. The monoisotopic (exact) mass is 281 g/mol. The lowest BCUT2D eigenvalue weighted by atomic mass is 10.2. The van der Waals surface area contributed by atoms with Gasteiger partial charge in [-0.1, -0.05) is 24.3 Å². The fourth-order valence-corrected chi connectivity index (χ4v) is 2.19. The molecule has 2 aromatic heterocycles. The predicted molar refractivity (Wildman–Crippen MR) is 81.8 cm³/mol. The van der Waals surface area contributed by atoms with Gasteiger partial charge in [0.2, 0.25) is 0 Å². The quantitative estimate of drug-likeness (QED) is 0.718. The lowest BCUT2D eigenvalue weighted by Gasteiger charge is -2.07. The third-order valence-electron chi connectivity index (χ3n) is 3.10. The third kappa shape index (κ3) is 2.58. The van der Waals surface area contributed by atoms with Crippen molar-refractivity contribution >= 4 is 28.4 Å². The highest BCUT2D eigenvalue weighted by atomic mass is 16.5. The summed E-state index contributed by atoms with van der Waals surface area (Å²) in [5, 5.41) is 4.11. The molecule has 2 heterocycles. The van der Waals surface area contributed by atoms with Crippen LogP contribution in [0.1, 0.15) is 17.4 Å². The van der Waals surface area contributed by atoms with Crippen LogP contribution in [0, 0.1) is 0 Å². The van der Waals surface area contributed by atoms with Gasteiger partial charge in [0.1, 0.15) is 11.5 Å². The molecule has 0 amide bonds. The van der Waals surface area contributed by atoms with Gasteiger partial charge < -0.3 is 15.0 Å². The molecule has 1 aromatic carbocycles. The maximum Gasteiger partial charge on any atom is 0.356 e. The summed E-state index contributed by atoms with van der Waals surface area (Å²) in [6.45, 7) is 2.11. The van der Waals surface area contributed by atoms with Gasteiger partial charge in [0.05, 0.1) is 12.3 Å². The van der Waals surface area contributed by atoms with Crippen molar-refractivity contribution < 1.29 is 9.53 Å². The maximum absolute atomic E-state index is 12.1. The number of ether oxygens (including phenoxy) is 1. The van der Waals surface area contributed by atoms with Crippen LogP contribution in [0.4, 0.5) is 11.5 Å². The molecule has 0 saturated heterocycles. The number of pyridine rings is 1. The molecule has 0 radical (unpaired) electrons. The average Bonchev–Trinajstić information content (AvgIpc) is 2.88. The molecule has 2 N–H and O–H groups in total. The van der Waals surface area contributed by atoms with E-state index in [1.54, 1.807) is 13.1 Å². The van der Waals surface area contributed by atoms with Crippen molar-refractivity contribution in [1.82, 2.24) is 9.97 Å². The van der Waals surface area contributed by atoms with Crippen molar-refractivity contribution in [3.8, 4) is 0 Å². The zero-order chi connectivity index (χ0) is 14.7. The van der Waals surface area contributed by atoms with E-state index in [-0.39, 0.29) is 5.97 Å². The highest BCUT2D eigenvalue weighted by Gasteiger charge is 2.19. The Bertz CT molecular complexity index is 766. The van der Waals surface area contributed by atoms with Crippen LogP contribution in [0.3, 0.4) is 0 Å². The Labute approximate surface area is 122 Å². The Morgan fingerprint density at radius 3 is 2.81 bits per heavy atom. The van der Waals surface area contributed by atoms with Gasteiger partial charge in [-0.2, -0.15) is 0 Å². The van der Waals surface area contributed by atoms with Gasteiger partial charge in [0.25, 0.3) is 0 Å². The summed E-state index contributed by atoms with van der Waals surface area (Å²) < 4.78 is 5.11. The number of para-hydroxylation sites is 1. The Morgan fingerprint density at radius 1 is 1.24 bits per heavy atom. The number of nitrogens with zero attached hydrogens (tertiary/aromatic N) is 1. The average molecular weight is 281 g/mol. The molecule has 0 unspecified atom stereocenters. The number of H-pyrrole nitrogens is 1. The van der Waals surface area contributed by atoms with E-state index in [2.05, 4.69) is 15.3 Å². The number of hydrogen-bond donors (Lipinski definition) is 2. The third-order valence-corrected chi connectivity index (χ3v) is 3.10. The zero-order valence-corrected chi connectivity index (χ0v) is 11.6. The van der Waals surface area contributed by atoms with Gasteiger partial charge in [-0.3, -0.25) is 0 Å². The van der Waals surface area contributed by atoms with Crippen LogP contribution in [0.5, 0.6) is 0 Å². The van der Waals surface area contributed by atoms with E-state index < -0.39 is 0 Å². The summed E-state index contributed by atoms with van der Waals surface area (Å²) in [5.41, 5.74) is 1.96. The van der Waals surface area contributed by atoms with Gasteiger partial charge in [0, 0.05) is 17.1 Å². The van der Waals surface area contributed by atoms with Gasteiger partial charge in [-0.25, -0.2) is 9.78 Å². The van der Waals surface area contributed by atoms with Crippen LogP contribution in [-0.2, 0) is 4.74 Å². The molecular weight excluding hydrogens is 266 g/mol. The number of aromatic amines is 1. The maximum atomic E-state index is 12.1. The fourth-order valence-electron chi connectivity index (χ4n) is 2.19. The Balaban J connectivity index is 2.09. The van der Waals surface area contributed by atoms with Gasteiger partial charge in [-0.05, 0) is 25.1 Å². The minimum Gasteiger partial charge on any atom is -0.461 e. The van der Waals surface area contributed by atoms with Crippen molar-refractivity contribution in [3.63, 3.8) is 0 Å². The first kappa shape index (κ1) is 13.2. The van der Waals surface area contributed by atoms with Crippen LogP contribution in [0.2, 0.25) is 0 Å². The van der Waals surface area contributed by atoms with E-state index in [9.17, 15) is 4.79 Å². The van der Waals surface area contributed by atoms with Gasteiger partial charge in [0.15, 0.2) is 0 Å². The molecule has 0 fully saturated rings. The molecule has 106 valence electrons. The minimum atomic E-state index is -0.382. The van der Waals surface area contributed by atoms with Crippen LogP contribution in [0.25, 0.3) is 10.9 Å². The molecule has 0 bridgehead atoms. The lowest BCUT2D eigenvalue weighted by molar-refractivity contribution is 0.0522. The van der Waals surface area contributed by atoms with Crippen LogP contribution in [0.15, 0.2) is 48.7 Å². The number of aromatic nitrogens is 2. The smallest absolute Gasteiger partial charge is 0.356 e. The highest BCUT2D eigenvalue weighted by molar-refractivity contribution is 6.07. The first-order valence-electron chi connectivity index (χ1n) is 6.75. The predicted octanol–water partition coefficient (Wildman–Crippen LogP) is 3.48. The fraction of sp³-hybridized carbons (Fsp3) is 0.125. The topological polar surface area (TPSA) is 67.0 Å². The standard InChI is InChI=1S/C16H15N3O2/c1-2-21-16(20)15-14(19-13-9-5-6-10-17-13)11-7-3-4-8-12(11)18-15/h3-10,18H,2H2,1H3,(H,17,19). The number of nitrogens with one attached hydrogen (secondary N) is 2. The number of hydrogen-bond acceptors (Lipinski definition) is 4. The number of carbonyl (C=O) groups is 1. The number of anilines is 2. The van der Waals surface area contributed by atoms with Crippen molar-refractivity contribution in [3.05, 3.63) is 54.4 Å². The summed E-state index contributed by atoms with van der Waals surface area (Å²) in [6.07, 6.45) is 1.70. The van der Waals surface area contributed by atoms with E-state index in [4.69, 9.17) is 4.74 Å². The second-order valence-corrected chi connectivity index (χ2v) is 4.48. The summed E-state index contributed by atoms with van der Waals surface area (Å²) in [5.74, 6) is 0.292. The van der Waals surface area contributed by atoms with Crippen molar-refractivity contribution in [2.45, 2.75) is 6.92 Å². The minimum absolute atomic E-state index is 0.331. The molecule has 3 aromatic rings. The number of rotatable bonds is 4. The molecule has 0 aliphatic heterocycles. The molecular formula is C16H15N3O2. The largest absolute Gasteiger partial charge is 0.461 e. The summed E-state index contributed by atoms with van der Waals surface area (Å²) >= 11 is 0. The first-order valence-corrected chi connectivity index (χ1v) is 6.75. The number of benzene rings is 1. The van der Waals surface area contributed by atoms with E-state index >= 15 is 0 Å². The summed E-state index contributed by atoms with van der Waals surface area (Å²) in [6, 6.07) is 13.3. The van der Waals surface area contributed by atoms with Crippen molar-refractivity contribution in [2.75, 3.05) is 11.9 Å². The van der Waals surface area contributed by atoms with Crippen molar-refractivity contribution in [2.24, 2.45) is 0 Å². The molecule has 3 rings (SSSR count). The van der Waals surface area contributed by atoms with E-state index in [1.807, 2.05) is 42.5 Å². The molecule has 5 heteroatoms. The molecule has 5 nitrogen and oxygen atoms in total. The lowest BCUT2D eigenvalue weighted by Crippen LogP contribution is -2.08. The van der Waals surface area contributed by atoms with E-state index in [0.29, 0.717) is 23.8 Å².